The zero-order valence-electron chi connectivity index (χ0n) is 10.3. The Balaban J connectivity index is 1.98. The molecule has 4 N–H and O–H groups in total. The molecule has 1 saturated carbocycles. The molecular formula is C12H19N3O2S. The molecule has 2 aliphatic rings. The van der Waals surface area contributed by atoms with Crippen LogP contribution in [0, 0.1) is 5.41 Å². The van der Waals surface area contributed by atoms with Crippen LogP contribution in [0.1, 0.15) is 38.5 Å². The minimum Gasteiger partial charge on any atom is -0.392 e. The minimum absolute atomic E-state index is 0.00188. The summed E-state index contributed by atoms with van der Waals surface area (Å²) in [6.45, 7) is 0.498. The number of thiocarbonyl (C=S) groups is 1. The molecule has 2 amide bonds. The lowest BCUT2D eigenvalue weighted by Gasteiger charge is -2.31. The fourth-order valence-electron chi connectivity index (χ4n) is 2.74. The zero-order valence-corrected chi connectivity index (χ0v) is 11.1. The number of piperidine rings is 1. The highest BCUT2D eigenvalue weighted by molar-refractivity contribution is 7.80. The van der Waals surface area contributed by atoms with E-state index in [0.29, 0.717) is 24.4 Å². The van der Waals surface area contributed by atoms with Gasteiger partial charge in [-0.2, -0.15) is 0 Å². The summed E-state index contributed by atoms with van der Waals surface area (Å²) in [6.07, 6.45) is 4.62. The maximum atomic E-state index is 12.4. The van der Waals surface area contributed by atoms with Crippen LogP contribution in [0.3, 0.4) is 0 Å². The molecule has 5 nitrogen and oxygen atoms in total. The van der Waals surface area contributed by atoms with Crippen molar-refractivity contribution in [3.63, 3.8) is 0 Å². The van der Waals surface area contributed by atoms with Gasteiger partial charge in [0.15, 0.2) is 0 Å². The van der Waals surface area contributed by atoms with Gasteiger partial charge in [-0.15, -0.1) is 0 Å². The molecule has 0 aromatic heterocycles. The van der Waals surface area contributed by atoms with E-state index >= 15 is 0 Å². The van der Waals surface area contributed by atoms with Crippen molar-refractivity contribution >= 4 is 29.0 Å². The number of rotatable bonds is 3. The van der Waals surface area contributed by atoms with E-state index in [1.54, 1.807) is 0 Å². The average Bonchev–Trinajstić information content (AvgIpc) is 2.82. The van der Waals surface area contributed by atoms with E-state index in [9.17, 15) is 9.59 Å². The van der Waals surface area contributed by atoms with Gasteiger partial charge in [0.05, 0.1) is 10.4 Å². The highest BCUT2D eigenvalue weighted by atomic mass is 32.1. The lowest BCUT2D eigenvalue weighted by atomic mass is 9.84. The lowest BCUT2D eigenvalue weighted by Crippen LogP contribution is -2.54. The van der Waals surface area contributed by atoms with Gasteiger partial charge in [0, 0.05) is 19.0 Å². The second kappa shape index (κ2) is 5.22. The van der Waals surface area contributed by atoms with Gasteiger partial charge in [-0.3, -0.25) is 9.59 Å². The summed E-state index contributed by atoms with van der Waals surface area (Å²) in [7, 11) is 0. The summed E-state index contributed by atoms with van der Waals surface area (Å²) in [5.74, 6) is -0.0147. The van der Waals surface area contributed by atoms with Crippen LogP contribution in [0.5, 0.6) is 0 Å². The monoisotopic (exact) mass is 269 g/mol. The molecule has 0 bridgehead atoms. The van der Waals surface area contributed by atoms with Crippen LogP contribution in [-0.4, -0.2) is 29.4 Å². The SMILES string of the molecule is NC(=S)C1(C(=O)NC2CCC(=O)NC2)CCCC1. The Kier molecular flexibility index (Phi) is 3.85. The maximum absolute atomic E-state index is 12.4. The summed E-state index contributed by atoms with van der Waals surface area (Å²) in [5, 5.41) is 5.73. The van der Waals surface area contributed by atoms with Crippen molar-refractivity contribution in [1.29, 1.82) is 0 Å². The predicted molar refractivity (Wildman–Crippen MR) is 71.9 cm³/mol. The van der Waals surface area contributed by atoms with Crippen LogP contribution in [0.4, 0.5) is 0 Å². The molecule has 18 heavy (non-hydrogen) atoms. The normalized spacial score (nSPS) is 26.4. The average molecular weight is 269 g/mol. The van der Waals surface area contributed by atoms with Crippen molar-refractivity contribution in [3.8, 4) is 0 Å². The van der Waals surface area contributed by atoms with Crippen molar-refractivity contribution < 1.29 is 9.59 Å². The van der Waals surface area contributed by atoms with Gasteiger partial charge in [0.2, 0.25) is 11.8 Å². The topological polar surface area (TPSA) is 84.2 Å². The summed E-state index contributed by atoms with van der Waals surface area (Å²) < 4.78 is 0. The van der Waals surface area contributed by atoms with Crippen LogP contribution < -0.4 is 16.4 Å². The number of amides is 2. The van der Waals surface area contributed by atoms with E-state index in [-0.39, 0.29) is 17.9 Å². The molecule has 1 saturated heterocycles. The Morgan fingerprint density at radius 1 is 1.44 bits per heavy atom. The quantitative estimate of drug-likeness (QED) is 0.640. The van der Waals surface area contributed by atoms with Crippen molar-refractivity contribution in [3.05, 3.63) is 0 Å². The molecular weight excluding hydrogens is 250 g/mol. The standard InChI is InChI=1S/C12H19N3O2S/c13-10(18)12(5-1-2-6-12)11(17)15-8-3-4-9(16)14-7-8/h8H,1-7H2,(H2,13,18)(H,14,16)(H,15,17). The molecule has 1 atom stereocenters. The summed E-state index contributed by atoms with van der Waals surface area (Å²) in [4.78, 5) is 23.7. The maximum Gasteiger partial charge on any atom is 0.233 e. The third-order valence-electron chi connectivity index (χ3n) is 3.96. The molecule has 100 valence electrons. The van der Waals surface area contributed by atoms with Gasteiger partial charge in [0.25, 0.3) is 0 Å². The summed E-state index contributed by atoms with van der Waals surface area (Å²) in [6, 6.07) is 0.00188. The third kappa shape index (κ3) is 2.48. The van der Waals surface area contributed by atoms with Gasteiger partial charge < -0.3 is 16.4 Å². The first kappa shape index (κ1) is 13.3. The van der Waals surface area contributed by atoms with E-state index in [1.165, 1.54) is 0 Å². The molecule has 6 heteroatoms. The van der Waals surface area contributed by atoms with Crippen molar-refractivity contribution in [2.45, 2.75) is 44.6 Å². The van der Waals surface area contributed by atoms with E-state index in [2.05, 4.69) is 10.6 Å². The molecule has 2 fully saturated rings. The Bertz CT molecular complexity index is 368. The van der Waals surface area contributed by atoms with Crippen LogP contribution in [0.25, 0.3) is 0 Å². The molecule has 0 aromatic rings. The van der Waals surface area contributed by atoms with Gasteiger partial charge in [-0.25, -0.2) is 0 Å². The smallest absolute Gasteiger partial charge is 0.233 e. The van der Waals surface area contributed by atoms with E-state index in [0.717, 1.165) is 25.7 Å². The minimum atomic E-state index is -0.656. The molecule has 0 radical (unpaired) electrons. The van der Waals surface area contributed by atoms with Crippen molar-refractivity contribution in [1.82, 2.24) is 10.6 Å². The number of hydrogen-bond donors (Lipinski definition) is 3. The van der Waals surface area contributed by atoms with E-state index in [4.69, 9.17) is 18.0 Å². The van der Waals surface area contributed by atoms with Crippen LogP contribution in [0.2, 0.25) is 0 Å². The van der Waals surface area contributed by atoms with Gasteiger partial charge >= 0.3 is 0 Å². The highest BCUT2D eigenvalue weighted by Crippen LogP contribution is 2.38. The fraction of sp³-hybridized carbons (Fsp3) is 0.750. The third-order valence-corrected chi connectivity index (χ3v) is 4.35. The van der Waals surface area contributed by atoms with Gasteiger partial charge in [-0.05, 0) is 19.3 Å². The van der Waals surface area contributed by atoms with Crippen LogP contribution in [0.15, 0.2) is 0 Å². The summed E-state index contributed by atoms with van der Waals surface area (Å²) >= 11 is 5.08. The first-order valence-electron chi connectivity index (χ1n) is 6.42. The second-order valence-corrected chi connectivity index (χ2v) is 5.61. The number of nitrogens with one attached hydrogen (secondary N) is 2. The Hall–Kier alpha value is -1.17. The molecule has 2 rings (SSSR count). The number of nitrogens with two attached hydrogens (primary N) is 1. The molecule has 1 aliphatic heterocycles. The van der Waals surface area contributed by atoms with Crippen LogP contribution >= 0.6 is 12.2 Å². The fourth-order valence-corrected chi connectivity index (χ4v) is 3.04. The van der Waals surface area contributed by atoms with E-state index in [1.807, 2.05) is 0 Å². The van der Waals surface area contributed by atoms with Crippen LogP contribution in [-0.2, 0) is 9.59 Å². The molecule has 1 unspecified atom stereocenters. The zero-order chi connectivity index (χ0) is 13.2. The molecule has 1 heterocycles. The second-order valence-electron chi connectivity index (χ2n) is 5.17. The Morgan fingerprint density at radius 3 is 2.61 bits per heavy atom. The largest absolute Gasteiger partial charge is 0.392 e. The molecule has 1 aliphatic carbocycles. The molecule has 0 aromatic carbocycles. The molecule has 0 spiro atoms. The Morgan fingerprint density at radius 2 is 2.11 bits per heavy atom. The van der Waals surface area contributed by atoms with Crippen molar-refractivity contribution in [2.24, 2.45) is 11.1 Å². The number of carbonyl (C=O) groups excluding carboxylic acids is 2. The number of carbonyl (C=O) groups is 2. The highest BCUT2D eigenvalue weighted by Gasteiger charge is 2.44. The predicted octanol–water partition coefficient (Wildman–Crippen LogP) is 0.228. The summed E-state index contributed by atoms with van der Waals surface area (Å²) in [5.41, 5.74) is 5.11. The number of hydrogen-bond acceptors (Lipinski definition) is 3. The van der Waals surface area contributed by atoms with Gasteiger partial charge in [-0.1, -0.05) is 25.1 Å². The van der Waals surface area contributed by atoms with Crippen molar-refractivity contribution in [2.75, 3.05) is 6.54 Å². The first-order chi connectivity index (χ1) is 8.54. The first-order valence-corrected chi connectivity index (χ1v) is 6.83. The Labute approximate surface area is 112 Å². The van der Waals surface area contributed by atoms with E-state index < -0.39 is 5.41 Å². The lowest BCUT2D eigenvalue weighted by molar-refractivity contribution is -0.129. The van der Waals surface area contributed by atoms with Gasteiger partial charge in [0.1, 0.15) is 0 Å².